The van der Waals surface area contributed by atoms with Gasteiger partial charge in [-0.15, -0.1) is 0 Å². The number of nitrogens with one attached hydrogen (secondary N) is 1. The molecule has 1 N–H and O–H groups in total. The first-order chi connectivity index (χ1) is 14.0. The molecule has 0 fully saturated rings. The van der Waals surface area contributed by atoms with Crippen molar-refractivity contribution in [2.45, 2.75) is 13.8 Å². The quantitative estimate of drug-likeness (QED) is 0.472. The van der Waals surface area contributed by atoms with E-state index in [9.17, 15) is 4.79 Å². The molecule has 0 spiro atoms. The van der Waals surface area contributed by atoms with Gasteiger partial charge in [-0.2, -0.15) is 0 Å². The second-order valence-electron chi connectivity index (χ2n) is 6.64. The monoisotopic (exact) mass is 406 g/mol. The normalized spacial score (nSPS) is 10.9. The lowest BCUT2D eigenvalue weighted by atomic mass is 10.0. The van der Waals surface area contributed by atoms with E-state index >= 15 is 0 Å². The summed E-state index contributed by atoms with van der Waals surface area (Å²) in [5.41, 5.74) is 4.50. The van der Waals surface area contributed by atoms with Crippen LogP contribution < -0.4 is 5.32 Å². The molecule has 29 heavy (non-hydrogen) atoms. The van der Waals surface area contributed by atoms with Gasteiger partial charge < -0.3 is 10.1 Å². The molecule has 2 aromatic carbocycles. The van der Waals surface area contributed by atoms with E-state index in [1.807, 2.05) is 48.7 Å². The Labute approximate surface area is 173 Å². The molecule has 7 heteroatoms. The lowest BCUT2D eigenvalue weighted by Gasteiger charge is -2.15. The Kier molecular flexibility index (Phi) is 4.94. The van der Waals surface area contributed by atoms with Gasteiger partial charge in [0.25, 0.3) is 0 Å². The van der Waals surface area contributed by atoms with E-state index in [1.54, 1.807) is 24.4 Å². The van der Waals surface area contributed by atoms with Gasteiger partial charge in [0.15, 0.2) is 0 Å². The van der Waals surface area contributed by atoms with Gasteiger partial charge in [-0.1, -0.05) is 35.9 Å². The van der Waals surface area contributed by atoms with Crippen molar-refractivity contribution in [1.82, 2.24) is 14.4 Å². The molecule has 0 bridgehead atoms. The van der Waals surface area contributed by atoms with Crippen molar-refractivity contribution in [3.63, 3.8) is 0 Å². The minimum atomic E-state index is -0.481. The predicted octanol–water partition coefficient (Wildman–Crippen LogP) is 5.20. The zero-order valence-corrected chi connectivity index (χ0v) is 17.0. The van der Waals surface area contributed by atoms with E-state index in [4.69, 9.17) is 16.3 Å². The van der Waals surface area contributed by atoms with Crippen LogP contribution in [-0.4, -0.2) is 27.4 Å². The van der Waals surface area contributed by atoms with Crippen LogP contribution in [0.25, 0.3) is 17.0 Å². The first kappa shape index (κ1) is 19.0. The minimum Gasteiger partial charge on any atom is -0.465 e. The minimum absolute atomic E-state index is 0.341. The smallest absolute Gasteiger partial charge is 0.338 e. The molecule has 0 aliphatic carbocycles. The lowest BCUT2D eigenvalue weighted by molar-refractivity contribution is 0.0601. The van der Waals surface area contributed by atoms with Crippen molar-refractivity contribution >= 4 is 34.9 Å². The number of nitrogens with zero attached hydrogens (tertiary/aromatic N) is 3. The molecule has 2 aromatic heterocycles. The molecule has 0 aliphatic rings. The zero-order valence-electron chi connectivity index (χ0n) is 16.2. The van der Waals surface area contributed by atoms with E-state index in [-0.39, 0.29) is 0 Å². The molecule has 0 aliphatic heterocycles. The molecule has 6 nitrogen and oxygen atoms in total. The summed E-state index contributed by atoms with van der Waals surface area (Å²) in [6.07, 6.45) is 3.53. The number of methoxy groups -OCH3 is 1. The number of halogens is 1. The third-order valence-corrected chi connectivity index (χ3v) is 5.10. The highest BCUT2D eigenvalue weighted by Gasteiger charge is 2.24. The summed E-state index contributed by atoms with van der Waals surface area (Å²) in [7, 11) is 1.34. The van der Waals surface area contributed by atoms with Crippen molar-refractivity contribution in [3.8, 4) is 11.3 Å². The van der Waals surface area contributed by atoms with Crippen molar-refractivity contribution in [3.05, 3.63) is 76.6 Å². The zero-order chi connectivity index (χ0) is 20.5. The lowest BCUT2D eigenvalue weighted by Crippen LogP contribution is -2.06. The first-order valence-corrected chi connectivity index (χ1v) is 9.42. The second kappa shape index (κ2) is 7.56. The summed E-state index contributed by atoms with van der Waals surface area (Å²) < 4.78 is 6.79. The van der Waals surface area contributed by atoms with E-state index < -0.39 is 5.97 Å². The standard InChI is InChI=1S/C22H19ClN4O2/c1-13-7-4-8-14(2)18(13)25-20-19(26-22-24-11-6-12-27(20)22)17-15(21(28)29-3)9-5-10-16(17)23/h4-12,25H,1-3H3. The maximum atomic E-state index is 12.4. The maximum Gasteiger partial charge on any atom is 0.338 e. The number of aryl methyl sites for hydroxylation is 2. The number of carbonyl (C=O) groups excluding carboxylic acids is 1. The number of benzene rings is 2. The van der Waals surface area contributed by atoms with E-state index in [2.05, 4.69) is 15.3 Å². The van der Waals surface area contributed by atoms with Crippen LogP contribution in [0.15, 0.2) is 54.9 Å². The number of anilines is 2. The number of imidazole rings is 1. The van der Waals surface area contributed by atoms with Crippen molar-refractivity contribution in [2.75, 3.05) is 12.4 Å². The van der Waals surface area contributed by atoms with Gasteiger partial charge in [0.05, 0.1) is 17.7 Å². The average Bonchev–Trinajstić information content (AvgIpc) is 3.08. The van der Waals surface area contributed by atoms with Crippen LogP contribution in [-0.2, 0) is 4.74 Å². The third-order valence-electron chi connectivity index (χ3n) is 4.78. The topological polar surface area (TPSA) is 68.5 Å². The van der Waals surface area contributed by atoms with Gasteiger partial charge in [-0.05, 0) is 43.2 Å². The van der Waals surface area contributed by atoms with E-state index in [0.29, 0.717) is 33.4 Å². The number of carbonyl (C=O) groups is 1. The summed E-state index contributed by atoms with van der Waals surface area (Å²) in [6.45, 7) is 4.07. The van der Waals surface area contributed by atoms with Gasteiger partial charge in [0, 0.05) is 23.6 Å². The Bertz CT molecular complexity index is 1210. The van der Waals surface area contributed by atoms with Crippen LogP contribution in [0.5, 0.6) is 0 Å². The summed E-state index contributed by atoms with van der Waals surface area (Å²) in [4.78, 5) is 21.4. The largest absolute Gasteiger partial charge is 0.465 e. The molecule has 146 valence electrons. The highest BCUT2D eigenvalue weighted by atomic mass is 35.5. The van der Waals surface area contributed by atoms with Crippen molar-refractivity contribution in [2.24, 2.45) is 0 Å². The molecule has 4 aromatic rings. The molecule has 0 unspecified atom stereocenters. The fourth-order valence-corrected chi connectivity index (χ4v) is 3.62. The molecule has 0 saturated heterocycles. The number of fused-ring (bicyclic) bond motifs is 1. The molecule has 4 rings (SSSR count). The molecule has 0 radical (unpaired) electrons. The number of hydrogen-bond acceptors (Lipinski definition) is 5. The van der Waals surface area contributed by atoms with Crippen LogP contribution in [0.4, 0.5) is 11.5 Å². The summed E-state index contributed by atoms with van der Waals surface area (Å²) >= 11 is 6.52. The number of rotatable bonds is 4. The molecule has 2 heterocycles. The van der Waals surface area contributed by atoms with Gasteiger partial charge in [-0.25, -0.2) is 14.8 Å². The fraction of sp³-hybridized carbons (Fsp3) is 0.136. The van der Waals surface area contributed by atoms with Crippen LogP contribution in [0.1, 0.15) is 21.5 Å². The van der Waals surface area contributed by atoms with Gasteiger partial charge in [0.2, 0.25) is 5.78 Å². The number of hydrogen-bond donors (Lipinski definition) is 1. The number of ether oxygens (including phenoxy) is 1. The van der Waals surface area contributed by atoms with Gasteiger partial charge >= 0.3 is 5.97 Å². The Morgan fingerprint density at radius 1 is 1.10 bits per heavy atom. The number of esters is 1. The molecule has 0 amide bonds. The summed E-state index contributed by atoms with van der Waals surface area (Å²) in [5, 5.41) is 3.90. The first-order valence-electron chi connectivity index (χ1n) is 9.04. The van der Waals surface area contributed by atoms with Crippen LogP contribution in [0, 0.1) is 13.8 Å². The second-order valence-corrected chi connectivity index (χ2v) is 7.05. The summed E-state index contributed by atoms with van der Waals surface area (Å²) in [5.74, 6) is 0.682. The summed E-state index contributed by atoms with van der Waals surface area (Å²) in [6, 6.07) is 13.0. The maximum absolute atomic E-state index is 12.4. The van der Waals surface area contributed by atoms with Crippen LogP contribution >= 0.6 is 11.6 Å². The number of para-hydroxylation sites is 1. The van der Waals surface area contributed by atoms with Crippen molar-refractivity contribution in [1.29, 1.82) is 0 Å². The highest BCUT2D eigenvalue weighted by Crippen LogP contribution is 2.38. The van der Waals surface area contributed by atoms with Crippen LogP contribution in [0.3, 0.4) is 0 Å². The van der Waals surface area contributed by atoms with E-state index in [1.165, 1.54) is 7.11 Å². The van der Waals surface area contributed by atoms with Gasteiger partial charge in [0.1, 0.15) is 11.5 Å². The Morgan fingerprint density at radius 3 is 2.55 bits per heavy atom. The van der Waals surface area contributed by atoms with E-state index in [0.717, 1.165) is 16.8 Å². The molecular formula is C22H19ClN4O2. The average molecular weight is 407 g/mol. The molecular weight excluding hydrogens is 388 g/mol. The SMILES string of the molecule is COC(=O)c1cccc(Cl)c1-c1nc2ncccn2c1Nc1c(C)cccc1C. The van der Waals surface area contributed by atoms with Gasteiger partial charge in [-0.3, -0.25) is 4.40 Å². The number of aromatic nitrogens is 3. The van der Waals surface area contributed by atoms with Crippen molar-refractivity contribution < 1.29 is 9.53 Å². The van der Waals surface area contributed by atoms with Crippen LogP contribution in [0.2, 0.25) is 5.02 Å². The Morgan fingerprint density at radius 2 is 1.83 bits per heavy atom. The fourth-order valence-electron chi connectivity index (χ4n) is 3.36. The Balaban J connectivity index is 2.01. The highest BCUT2D eigenvalue weighted by molar-refractivity contribution is 6.34. The molecule has 0 atom stereocenters. The third kappa shape index (κ3) is 3.32. The predicted molar refractivity (Wildman–Crippen MR) is 114 cm³/mol. The molecule has 0 saturated carbocycles. The Hall–Kier alpha value is -3.38.